The number of amides is 1. The predicted octanol–water partition coefficient (Wildman–Crippen LogP) is 3.44. The van der Waals surface area contributed by atoms with E-state index in [0.29, 0.717) is 0 Å². The summed E-state index contributed by atoms with van der Waals surface area (Å²) in [5.74, 6) is -0.315. The first-order valence-electron chi connectivity index (χ1n) is 8.25. The van der Waals surface area contributed by atoms with E-state index >= 15 is 0 Å². The second-order valence-corrected chi connectivity index (χ2v) is 7.57. The first kappa shape index (κ1) is 24.0. The van der Waals surface area contributed by atoms with Crippen molar-refractivity contribution in [3.63, 3.8) is 0 Å². The Labute approximate surface area is 162 Å². The van der Waals surface area contributed by atoms with Crippen LogP contribution in [0.2, 0.25) is 0 Å². The molecule has 1 saturated heterocycles. The summed E-state index contributed by atoms with van der Waals surface area (Å²) in [5, 5.41) is 3.08. The number of aryl methyl sites for hydroxylation is 1. The van der Waals surface area contributed by atoms with Crippen molar-refractivity contribution in [2.75, 3.05) is 18.0 Å². The van der Waals surface area contributed by atoms with Crippen molar-refractivity contribution in [2.24, 2.45) is 11.1 Å². The van der Waals surface area contributed by atoms with E-state index in [1.54, 1.807) is 6.07 Å². The Bertz CT molecular complexity index is 578. The van der Waals surface area contributed by atoms with Gasteiger partial charge >= 0.3 is 0 Å². The number of hydrogen-bond donors (Lipinski definition) is 2. The van der Waals surface area contributed by atoms with Crippen LogP contribution in [0.25, 0.3) is 0 Å². The lowest BCUT2D eigenvalue weighted by atomic mass is 9.86. The van der Waals surface area contributed by atoms with Crippen molar-refractivity contribution < 1.29 is 9.18 Å². The van der Waals surface area contributed by atoms with Crippen LogP contribution < -0.4 is 16.0 Å². The van der Waals surface area contributed by atoms with Gasteiger partial charge in [0.2, 0.25) is 5.91 Å². The average molecular weight is 394 g/mol. The Morgan fingerprint density at radius 2 is 2.00 bits per heavy atom. The predicted molar refractivity (Wildman–Crippen MR) is 106 cm³/mol. The van der Waals surface area contributed by atoms with Gasteiger partial charge in [0.05, 0.1) is 6.04 Å². The number of benzene rings is 1. The first-order valence-corrected chi connectivity index (χ1v) is 8.25. The summed E-state index contributed by atoms with van der Waals surface area (Å²) in [5.41, 5.74) is 7.73. The van der Waals surface area contributed by atoms with Gasteiger partial charge in [-0.15, -0.1) is 24.8 Å². The number of nitrogens with zero attached hydrogens (tertiary/aromatic N) is 1. The molecule has 0 saturated carbocycles. The number of carbonyl (C=O) groups excluding carboxylic acids is 1. The molecule has 1 aliphatic rings. The Balaban J connectivity index is 0.00000288. The minimum atomic E-state index is -0.523. The fourth-order valence-corrected chi connectivity index (χ4v) is 2.97. The summed E-state index contributed by atoms with van der Waals surface area (Å²) in [7, 11) is 0. The summed E-state index contributed by atoms with van der Waals surface area (Å²) < 4.78 is 13.3. The topological polar surface area (TPSA) is 58.4 Å². The number of halogens is 3. The molecule has 1 aromatic carbocycles. The lowest BCUT2D eigenvalue weighted by Gasteiger charge is -2.37. The molecule has 1 amide bonds. The Morgan fingerprint density at radius 1 is 1.36 bits per heavy atom. The summed E-state index contributed by atoms with van der Waals surface area (Å²) in [6, 6.07) is 4.41. The van der Waals surface area contributed by atoms with E-state index in [2.05, 4.69) is 10.2 Å². The van der Waals surface area contributed by atoms with Crippen LogP contribution in [-0.4, -0.2) is 31.1 Å². The van der Waals surface area contributed by atoms with E-state index in [1.807, 2.05) is 33.8 Å². The van der Waals surface area contributed by atoms with Crippen molar-refractivity contribution in [3.8, 4) is 0 Å². The quantitative estimate of drug-likeness (QED) is 0.826. The zero-order chi connectivity index (χ0) is 17.2. The van der Waals surface area contributed by atoms with Gasteiger partial charge < -0.3 is 16.0 Å². The smallest absolute Gasteiger partial charge is 0.237 e. The summed E-state index contributed by atoms with van der Waals surface area (Å²) >= 11 is 0. The van der Waals surface area contributed by atoms with E-state index in [-0.39, 0.29) is 48.0 Å². The van der Waals surface area contributed by atoms with E-state index < -0.39 is 6.04 Å². The fourth-order valence-electron chi connectivity index (χ4n) is 2.97. The molecular formula is C18H30Cl2FN3O. The van der Waals surface area contributed by atoms with Crippen molar-refractivity contribution in [1.82, 2.24) is 5.32 Å². The monoisotopic (exact) mass is 393 g/mol. The van der Waals surface area contributed by atoms with E-state index in [9.17, 15) is 9.18 Å². The highest BCUT2D eigenvalue weighted by molar-refractivity contribution is 5.85. The zero-order valence-electron chi connectivity index (χ0n) is 15.3. The normalized spacial score (nSPS) is 18.6. The molecule has 7 heteroatoms. The fraction of sp³-hybridized carbons (Fsp3) is 0.611. The minimum Gasteiger partial charge on any atom is -0.369 e. The maximum absolute atomic E-state index is 13.3. The highest BCUT2D eigenvalue weighted by Gasteiger charge is 2.30. The zero-order valence-corrected chi connectivity index (χ0v) is 17.0. The number of rotatable bonds is 3. The van der Waals surface area contributed by atoms with Crippen LogP contribution in [0.4, 0.5) is 10.1 Å². The lowest BCUT2D eigenvalue weighted by molar-refractivity contribution is -0.125. The van der Waals surface area contributed by atoms with Gasteiger partial charge in [0.15, 0.2) is 0 Å². The van der Waals surface area contributed by atoms with Gasteiger partial charge in [-0.2, -0.15) is 0 Å². The summed E-state index contributed by atoms with van der Waals surface area (Å²) in [4.78, 5) is 14.5. The minimum absolute atomic E-state index is 0. The Morgan fingerprint density at radius 3 is 2.56 bits per heavy atom. The molecule has 0 bridgehead atoms. The van der Waals surface area contributed by atoms with Crippen molar-refractivity contribution >= 4 is 36.4 Å². The van der Waals surface area contributed by atoms with E-state index in [4.69, 9.17) is 5.73 Å². The third-order valence-electron chi connectivity index (χ3n) is 4.48. The van der Waals surface area contributed by atoms with Crippen molar-refractivity contribution in [2.45, 2.75) is 52.6 Å². The molecule has 0 radical (unpaired) electrons. The molecular weight excluding hydrogens is 364 g/mol. The van der Waals surface area contributed by atoms with Crippen LogP contribution in [0.3, 0.4) is 0 Å². The van der Waals surface area contributed by atoms with E-state index in [1.165, 1.54) is 6.07 Å². The summed E-state index contributed by atoms with van der Waals surface area (Å²) in [6.07, 6.45) is 1.94. The van der Waals surface area contributed by atoms with Gasteiger partial charge in [0.25, 0.3) is 0 Å². The number of hydrogen-bond acceptors (Lipinski definition) is 3. The van der Waals surface area contributed by atoms with Crippen LogP contribution in [0.1, 0.15) is 39.2 Å². The molecule has 1 unspecified atom stereocenters. The SMILES string of the molecule is Cc1cc(F)ccc1N1CCCC(NC(=O)[C@@H](N)C(C)(C)C)C1.Cl.Cl. The lowest BCUT2D eigenvalue weighted by Crippen LogP contribution is -2.55. The molecule has 4 nitrogen and oxygen atoms in total. The van der Waals surface area contributed by atoms with E-state index in [0.717, 1.165) is 37.2 Å². The number of nitrogens with one attached hydrogen (secondary N) is 1. The number of piperidine rings is 1. The standard InChI is InChI=1S/C18H28FN3O.2ClH/c1-12-10-13(19)7-8-15(12)22-9-5-6-14(11-22)21-17(23)16(20)18(2,3)4;;/h7-8,10,14,16H,5-6,9,11,20H2,1-4H3,(H,21,23);2*1H/t14?,16-;;/m1../s1. The van der Waals surface area contributed by atoms with Crippen LogP contribution in [0, 0.1) is 18.2 Å². The second-order valence-electron chi connectivity index (χ2n) is 7.57. The molecule has 1 aromatic rings. The van der Waals surface area contributed by atoms with Crippen LogP contribution in [0.15, 0.2) is 18.2 Å². The van der Waals surface area contributed by atoms with Crippen LogP contribution >= 0.6 is 24.8 Å². The molecule has 1 heterocycles. The number of carbonyl (C=O) groups is 1. The Hall–Kier alpha value is -1.04. The molecule has 1 aliphatic heterocycles. The molecule has 2 rings (SSSR count). The molecule has 1 fully saturated rings. The van der Waals surface area contributed by atoms with Gasteiger partial charge in [-0.25, -0.2) is 4.39 Å². The summed E-state index contributed by atoms with van der Waals surface area (Å²) in [6.45, 7) is 9.46. The van der Waals surface area contributed by atoms with Crippen molar-refractivity contribution in [1.29, 1.82) is 0 Å². The average Bonchev–Trinajstić information content (AvgIpc) is 2.45. The van der Waals surface area contributed by atoms with Crippen LogP contribution in [-0.2, 0) is 4.79 Å². The maximum Gasteiger partial charge on any atom is 0.237 e. The molecule has 3 N–H and O–H groups in total. The van der Waals surface area contributed by atoms with Gasteiger partial charge in [-0.05, 0) is 48.9 Å². The van der Waals surface area contributed by atoms with Crippen molar-refractivity contribution in [3.05, 3.63) is 29.6 Å². The highest BCUT2D eigenvalue weighted by atomic mass is 35.5. The third-order valence-corrected chi connectivity index (χ3v) is 4.48. The largest absolute Gasteiger partial charge is 0.369 e. The molecule has 2 atom stereocenters. The van der Waals surface area contributed by atoms with Gasteiger partial charge in [-0.3, -0.25) is 4.79 Å². The molecule has 0 aliphatic carbocycles. The highest BCUT2D eigenvalue weighted by Crippen LogP contribution is 2.25. The van der Waals surface area contributed by atoms with Gasteiger partial charge in [0.1, 0.15) is 5.82 Å². The number of nitrogens with two attached hydrogens (primary N) is 1. The molecule has 144 valence electrons. The van der Waals surface area contributed by atoms with Gasteiger partial charge in [-0.1, -0.05) is 20.8 Å². The third kappa shape index (κ3) is 6.32. The number of anilines is 1. The second kappa shape index (κ2) is 9.60. The van der Waals surface area contributed by atoms with Gasteiger partial charge in [0, 0.05) is 24.8 Å². The van der Waals surface area contributed by atoms with Crippen LogP contribution in [0.5, 0.6) is 0 Å². The first-order chi connectivity index (χ1) is 10.7. The molecule has 0 spiro atoms. The Kier molecular flexibility index (Phi) is 9.20. The molecule has 25 heavy (non-hydrogen) atoms. The maximum atomic E-state index is 13.3. The molecule has 0 aromatic heterocycles.